The Kier molecular flexibility index (Phi) is 3.88. The molecule has 70 valence electrons. The Hall–Kier alpha value is 0.0700. The summed E-state index contributed by atoms with van der Waals surface area (Å²) in [6.07, 6.45) is 0. The molecule has 0 atom stereocenters. The molecule has 1 aromatic rings. The van der Waals surface area contributed by atoms with Crippen LogP contribution in [0.3, 0.4) is 0 Å². The predicted molar refractivity (Wildman–Crippen MR) is 56.9 cm³/mol. The molecule has 0 spiro atoms. The van der Waals surface area contributed by atoms with Crippen molar-refractivity contribution in [1.29, 1.82) is 0 Å². The molecule has 0 unspecified atom stereocenters. The lowest BCUT2D eigenvalue weighted by molar-refractivity contribution is 0.101. The van der Waals surface area contributed by atoms with E-state index in [0.717, 1.165) is 0 Å². The van der Waals surface area contributed by atoms with Crippen LogP contribution in [0.25, 0.3) is 0 Å². The van der Waals surface area contributed by atoms with Crippen molar-refractivity contribution in [3.8, 4) is 0 Å². The molecule has 0 N–H and O–H groups in total. The van der Waals surface area contributed by atoms with E-state index in [9.17, 15) is 9.18 Å². The zero-order chi connectivity index (χ0) is 10.0. The largest absolute Gasteiger partial charge is 0.293 e. The van der Waals surface area contributed by atoms with Crippen molar-refractivity contribution in [1.82, 2.24) is 0 Å². The number of alkyl halides is 1. The van der Waals surface area contributed by atoms with E-state index in [1.807, 2.05) is 0 Å². The molecule has 5 heteroatoms. The van der Waals surface area contributed by atoms with Crippen LogP contribution in [0.15, 0.2) is 21.1 Å². The van der Waals surface area contributed by atoms with E-state index in [1.54, 1.807) is 0 Å². The van der Waals surface area contributed by atoms with Gasteiger partial charge in [0, 0.05) is 4.47 Å². The van der Waals surface area contributed by atoms with E-state index < -0.39 is 11.6 Å². The number of benzene rings is 1. The maximum Gasteiger partial charge on any atom is 0.180 e. The van der Waals surface area contributed by atoms with Gasteiger partial charge in [-0.3, -0.25) is 4.79 Å². The highest BCUT2D eigenvalue weighted by atomic mass is 79.9. The number of rotatable bonds is 2. The van der Waals surface area contributed by atoms with Gasteiger partial charge in [0.2, 0.25) is 0 Å². The lowest BCUT2D eigenvalue weighted by atomic mass is 10.1. The fraction of sp³-hybridized carbons (Fsp3) is 0.125. The van der Waals surface area contributed by atoms with E-state index in [2.05, 4.69) is 31.9 Å². The zero-order valence-electron chi connectivity index (χ0n) is 6.28. The van der Waals surface area contributed by atoms with Crippen molar-refractivity contribution in [2.24, 2.45) is 0 Å². The first-order valence-electron chi connectivity index (χ1n) is 3.30. The molecule has 0 aliphatic carbocycles. The van der Waals surface area contributed by atoms with Gasteiger partial charge in [0.25, 0.3) is 0 Å². The molecular formula is C8H4Br2ClFO. The summed E-state index contributed by atoms with van der Waals surface area (Å²) in [7, 11) is 0. The summed E-state index contributed by atoms with van der Waals surface area (Å²) in [6, 6.07) is 2.94. The molecule has 1 nitrogen and oxygen atoms in total. The van der Waals surface area contributed by atoms with Crippen LogP contribution in [-0.2, 0) is 0 Å². The highest BCUT2D eigenvalue weighted by molar-refractivity contribution is 9.11. The summed E-state index contributed by atoms with van der Waals surface area (Å²) in [5.41, 5.74) is -0.00347. The fourth-order valence-electron chi connectivity index (χ4n) is 0.831. The van der Waals surface area contributed by atoms with Crippen LogP contribution >= 0.6 is 43.5 Å². The fourth-order valence-corrected chi connectivity index (χ4v) is 2.20. The molecule has 0 saturated carbocycles. The molecule has 0 aliphatic rings. The number of hydrogen-bond donors (Lipinski definition) is 0. The first-order chi connectivity index (χ1) is 6.06. The maximum absolute atomic E-state index is 13.3. The van der Waals surface area contributed by atoms with Crippen molar-refractivity contribution in [2.75, 3.05) is 5.88 Å². The van der Waals surface area contributed by atoms with Gasteiger partial charge in [-0.1, -0.05) is 15.9 Å². The minimum atomic E-state index is -0.575. The molecule has 0 heterocycles. The Morgan fingerprint density at radius 2 is 2.08 bits per heavy atom. The lowest BCUT2D eigenvalue weighted by Crippen LogP contribution is -2.04. The summed E-state index contributed by atoms with van der Waals surface area (Å²) in [4.78, 5) is 11.1. The van der Waals surface area contributed by atoms with Gasteiger partial charge in [-0.05, 0) is 28.1 Å². The van der Waals surface area contributed by atoms with Gasteiger partial charge < -0.3 is 0 Å². The number of Topliss-reactive ketones (excluding diaryl/α,β-unsaturated/α-hetero) is 1. The maximum atomic E-state index is 13.3. The first kappa shape index (κ1) is 11.1. The Bertz CT molecular complexity index is 354. The van der Waals surface area contributed by atoms with Gasteiger partial charge in [0.1, 0.15) is 5.82 Å². The van der Waals surface area contributed by atoms with Gasteiger partial charge in [-0.25, -0.2) is 4.39 Å². The van der Waals surface area contributed by atoms with Crippen LogP contribution in [0.2, 0.25) is 0 Å². The van der Waals surface area contributed by atoms with Crippen molar-refractivity contribution in [3.05, 3.63) is 32.5 Å². The standard InChI is InChI=1S/C8H4Br2ClFO/c9-4-1-5(7(13)3-11)8(12)6(10)2-4/h1-2H,3H2. The van der Waals surface area contributed by atoms with Gasteiger partial charge in [-0.2, -0.15) is 0 Å². The molecule has 0 aliphatic heterocycles. The number of hydrogen-bond acceptors (Lipinski definition) is 1. The molecule has 0 bridgehead atoms. The van der Waals surface area contributed by atoms with Crippen molar-refractivity contribution in [3.63, 3.8) is 0 Å². The molecule has 0 aromatic heterocycles. The third-order valence-corrected chi connectivity index (χ3v) is 2.69. The molecule has 0 radical (unpaired) electrons. The average molecular weight is 330 g/mol. The second-order valence-corrected chi connectivity index (χ2v) is 4.34. The SMILES string of the molecule is O=C(CCl)c1cc(Br)cc(Br)c1F. The quantitative estimate of drug-likeness (QED) is 0.458. The molecule has 0 fully saturated rings. The van der Waals surface area contributed by atoms with Crippen LogP contribution in [-0.4, -0.2) is 11.7 Å². The minimum absolute atomic E-state index is 0.00347. The van der Waals surface area contributed by atoms with E-state index in [0.29, 0.717) is 4.47 Å². The smallest absolute Gasteiger partial charge is 0.180 e. The number of carbonyl (C=O) groups is 1. The molecule has 0 amide bonds. The highest BCUT2D eigenvalue weighted by Crippen LogP contribution is 2.25. The van der Waals surface area contributed by atoms with Crippen LogP contribution < -0.4 is 0 Å². The topological polar surface area (TPSA) is 17.1 Å². The minimum Gasteiger partial charge on any atom is -0.293 e. The van der Waals surface area contributed by atoms with Gasteiger partial charge in [0.05, 0.1) is 15.9 Å². The number of ketones is 1. The summed E-state index contributed by atoms with van der Waals surface area (Å²) >= 11 is 11.5. The zero-order valence-corrected chi connectivity index (χ0v) is 10.2. The monoisotopic (exact) mass is 328 g/mol. The van der Waals surface area contributed by atoms with Crippen LogP contribution in [0.4, 0.5) is 4.39 Å². The Balaban J connectivity index is 3.28. The first-order valence-corrected chi connectivity index (χ1v) is 5.42. The van der Waals surface area contributed by atoms with Crippen LogP contribution in [0.1, 0.15) is 10.4 Å². The van der Waals surface area contributed by atoms with Crippen LogP contribution in [0.5, 0.6) is 0 Å². The molecule has 1 aromatic carbocycles. The molecule has 1 rings (SSSR count). The molecule has 0 saturated heterocycles. The average Bonchev–Trinajstić information content (AvgIpc) is 2.10. The van der Waals surface area contributed by atoms with Crippen LogP contribution in [0, 0.1) is 5.82 Å². The summed E-state index contributed by atoms with van der Waals surface area (Å²) in [5, 5.41) is 0. The van der Waals surface area contributed by atoms with Gasteiger partial charge in [0.15, 0.2) is 5.78 Å². The third-order valence-electron chi connectivity index (χ3n) is 1.41. The molecule has 13 heavy (non-hydrogen) atoms. The molecular weight excluding hydrogens is 326 g/mol. The third kappa shape index (κ3) is 2.51. The summed E-state index contributed by atoms with van der Waals surface area (Å²) in [5.74, 6) is -1.23. The Morgan fingerprint density at radius 1 is 1.46 bits per heavy atom. The normalized spacial score (nSPS) is 10.2. The van der Waals surface area contributed by atoms with Crippen molar-refractivity contribution < 1.29 is 9.18 Å². The predicted octanol–water partition coefficient (Wildman–Crippen LogP) is 3.77. The number of carbonyl (C=O) groups excluding carboxylic acids is 1. The Labute approximate surface area is 96.5 Å². The number of halogens is 4. The summed E-state index contributed by atoms with van der Waals surface area (Å²) < 4.78 is 14.2. The van der Waals surface area contributed by atoms with E-state index >= 15 is 0 Å². The van der Waals surface area contributed by atoms with Crippen molar-refractivity contribution >= 4 is 49.2 Å². The Morgan fingerprint density at radius 3 is 2.62 bits per heavy atom. The van der Waals surface area contributed by atoms with Gasteiger partial charge in [-0.15, -0.1) is 11.6 Å². The van der Waals surface area contributed by atoms with Crippen molar-refractivity contribution in [2.45, 2.75) is 0 Å². The highest BCUT2D eigenvalue weighted by Gasteiger charge is 2.14. The second-order valence-electron chi connectivity index (χ2n) is 2.31. The van der Waals surface area contributed by atoms with E-state index in [4.69, 9.17) is 11.6 Å². The summed E-state index contributed by atoms with van der Waals surface area (Å²) in [6.45, 7) is 0. The van der Waals surface area contributed by atoms with Gasteiger partial charge >= 0.3 is 0 Å². The lowest BCUT2D eigenvalue weighted by Gasteiger charge is -2.02. The van der Waals surface area contributed by atoms with E-state index in [1.165, 1.54) is 12.1 Å². The van der Waals surface area contributed by atoms with E-state index in [-0.39, 0.29) is 15.9 Å². The second kappa shape index (κ2) is 4.53.